The zero-order chi connectivity index (χ0) is 24.5. The molecule has 2 aromatic rings. The van der Waals surface area contributed by atoms with Gasteiger partial charge in [-0.15, -0.1) is 4.31 Å². The van der Waals surface area contributed by atoms with Crippen LogP contribution in [0.4, 0.5) is 5.69 Å². The van der Waals surface area contributed by atoms with Gasteiger partial charge in [0.15, 0.2) is 0 Å². The average Bonchev–Trinajstić information content (AvgIpc) is 2.86. The highest BCUT2D eigenvalue weighted by molar-refractivity contribution is 7.89. The Morgan fingerprint density at radius 1 is 1.03 bits per heavy atom. The Morgan fingerprint density at radius 3 is 2.21 bits per heavy atom. The van der Waals surface area contributed by atoms with Gasteiger partial charge < -0.3 is 23.7 Å². The van der Waals surface area contributed by atoms with Crippen LogP contribution in [-0.4, -0.2) is 82.6 Å². The first-order chi connectivity index (χ1) is 16.5. The van der Waals surface area contributed by atoms with Crippen molar-refractivity contribution in [2.24, 2.45) is 0 Å². The van der Waals surface area contributed by atoms with Crippen LogP contribution in [0, 0.1) is 0 Å². The molecule has 0 bridgehead atoms. The molecule has 0 radical (unpaired) electrons. The molecule has 9 nitrogen and oxygen atoms in total. The minimum Gasteiger partial charge on any atom is -0.598 e. The van der Waals surface area contributed by atoms with Gasteiger partial charge in [-0.3, -0.25) is 4.79 Å². The van der Waals surface area contributed by atoms with Gasteiger partial charge in [0, 0.05) is 37.7 Å². The number of hydrogen-bond acceptors (Lipinski definition) is 8. The van der Waals surface area contributed by atoms with Gasteiger partial charge in [0.25, 0.3) is 0 Å². The molecule has 1 aromatic carbocycles. The summed E-state index contributed by atoms with van der Waals surface area (Å²) in [5.41, 5.74) is 0.951. The van der Waals surface area contributed by atoms with E-state index in [9.17, 15) is 9.35 Å². The molecule has 10 heteroatoms. The maximum atomic E-state index is 13.6. The summed E-state index contributed by atoms with van der Waals surface area (Å²) in [4.78, 5) is 15.7. The van der Waals surface area contributed by atoms with Crippen LogP contribution in [0.15, 0.2) is 41.3 Å². The Hall–Kier alpha value is -2.11. The number of para-hydroxylation sites is 1. The summed E-state index contributed by atoms with van der Waals surface area (Å²) < 4.78 is 33.3. The van der Waals surface area contributed by atoms with Crippen molar-refractivity contribution in [3.63, 3.8) is 0 Å². The van der Waals surface area contributed by atoms with Crippen molar-refractivity contribution in [1.29, 1.82) is 0 Å². The fourth-order valence-electron chi connectivity index (χ4n) is 3.71. The third kappa shape index (κ3) is 6.73. The van der Waals surface area contributed by atoms with E-state index in [-0.39, 0.29) is 16.6 Å². The first kappa shape index (κ1) is 26.5. The topological polar surface area (TPSA) is 92.1 Å². The molecule has 1 saturated heterocycles. The molecule has 1 atom stereocenters. The Bertz CT molecular complexity index is 927. The zero-order valence-electron chi connectivity index (χ0n) is 20.5. The van der Waals surface area contributed by atoms with Crippen molar-refractivity contribution < 1.29 is 18.8 Å². The first-order valence-corrected chi connectivity index (χ1v) is 13.0. The van der Waals surface area contributed by atoms with E-state index in [4.69, 9.17) is 14.2 Å². The number of piperazine rings is 1. The quantitative estimate of drug-likeness (QED) is 0.417. The van der Waals surface area contributed by atoms with Gasteiger partial charge in [-0.05, 0) is 39.8 Å². The predicted molar refractivity (Wildman–Crippen MR) is 134 cm³/mol. The Kier molecular flexibility index (Phi) is 10.2. The van der Waals surface area contributed by atoms with E-state index < -0.39 is 17.5 Å². The summed E-state index contributed by atoms with van der Waals surface area (Å²) in [6, 6.07) is 9.27. The van der Waals surface area contributed by atoms with E-state index in [1.54, 1.807) is 6.20 Å². The number of benzene rings is 1. The molecule has 1 fully saturated rings. The van der Waals surface area contributed by atoms with Crippen LogP contribution in [-0.2, 0) is 20.8 Å². The molecule has 2 heterocycles. The molecule has 1 unspecified atom stereocenters. The standard InChI is InChI=1S/C24H36N4O5S/c1-5-31-17-21(18-32-6-2)33-23-22(26-12-14-27(15-13-26)34(30)19(3)4)16-25-28(24(23)29)20-10-8-7-9-11-20/h7-11,16,19,21H,5-6,12-15,17-18H2,1-4H3. The van der Waals surface area contributed by atoms with Gasteiger partial charge in [0.2, 0.25) is 5.75 Å². The van der Waals surface area contributed by atoms with E-state index in [1.807, 2.05) is 62.3 Å². The number of rotatable bonds is 12. The molecule has 0 spiro atoms. The van der Waals surface area contributed by atoms with Gasteiger partial charge in [0.1, 0.15) is 17.0 Å². The summed E-state index contributed by atoms with van der Waals surface area (Å²) in [6.07, 6.45) is 1.24. The third-order valence-electron chi connectivity index (χ3n) is 5.45. The maximum Gasteiger partial charge on any atom is 0.316 e. The van der Waals surface area contributed by atoms with E-state index in [2.05, 4.69) is 10.00 Å². The monoisotopic (exact) mass is 492 g/mol. The van der Waals surface area contributed by atoms with Gasteiger partial charge in [-0.1, -0.05) is 18.2 Å². The molecule has 34 heavy (non-hydrogen) atoms. The fourth-order valence-corrected chi connectivity index (χ4v) is 4.83. The largest absolute Gasteiger partial charge is 0.598 e. The van der Waals surface area contributed by atoms with E-state index >= 15 is 0 Å². The molecule has 188 valence electrons. The smallest absolute Gasteiger partial charge is 0.316 e. The minimum absolute atomic E-state index is 0.0693. The summed E-state index contributed by atoms with van der Waals surface area (Å²) in [6.45, 7) is 11.9. The minimum atomic E-state index is -1.02. The predicted octanol–water partition coefficient (Wildman–Crippen LogP) is 2.25. The number of ether oxygens (including phenoxy) is 3. The highest BCUT2D eigenvalue weighted by Crippen LogP contribution is 2.27. The van der Waals surface area contributed by atoms with Gasteiger partial charge in [-0.25, -0.2) is 0 Å². The number of anilines is 1. The van der Waals surface area contributed by atoms with Gasteiger partial charge in [0.05, 0.1) is 38.2 Å². The van der Waals surface area contributed by atoms with Crippen LogP contribution >= 0.6 is 0 Å². The summed E-state index contributed by atoms with van der Waals surface area (Å²) >= 11 is -1.02. The first-order valence-electron chi connectivity index (χ1n) is 11.9. The van der Waals surface area contributed by atoms with Crippen molar-refractivity contribution in [3.05, 3.63) is 46.9 Å². The van der Waals surface area contributed by atoms with Crippen LogP contribution in [0.2, 0.25) is 0 Å². The molecule has 1 aliphatic rings. The van der Waals surface area contributed by atoms with Crippen LogP contribution in [0.5, 0.6) is 5.75 Å². The Labute approximate surface area is 204 Å². The Morgan fingerprint density at radius 2 is 1.65 bits per heavy atom. The van der Waals surface area contributed by atoms with Crippen molar-refractivity contribution >= 4 is 17.0 Å². The molecule has 0 aliphatic carbocycles. The van der Waals surface area contributed by atoms with Crippen LogP contribution in [0.1, 0.15) is 27.7 Å². The average molecular weight is 493 g/mol. The van der Waals surface area contributed by atoms with E-state index in [0.29, 0.717) is 64.0 Å². The number of aromatic nitrogens is 2. The van der Waals surface area contributed by atoms with E-state index in [1.165, 1.54) is 4.68 Å². The lowest BCUT2D eigenvalue weighted by Crippen LogP contribution is -2.51. The second-order valence-electron chi connectivity index (χ2n) is 8.21. The number of hydrogen-bond donors (Lipinski definition) is 0. The van der Waals surface area contributed by atoms with Crippen LogP contribution < -0.4 is 15.2 Å². The van der Waals surface area contributed by atoms with Crippen LogP contribution in [0.25, 0.3) is 5.69 Å². The second kappa shape index (κ2) is 13.1. The molecule has 0 saturated carbocycles. The summed E-state index contributed by atoms with van der Waals surface area (Å²) in [7, 11) is 0. The lowest BCUT2D eigenvalue weighted by molar-refractivity contribution is -0.000878. The van der Waals surface area contributed by atoms with Crippen molar-refractivity contribution in [2.75, 3.05) is 57.5 Å². The molecule has 0 amide bonds. The van der Waals surface area contributed by atoms with Crippen molar-refractivity contribution in [1.82, 2.24) is 14.1 Å². The molecular weight excluding hydrogens is 456 g/mol. The lowest BCUT2D eigenvalue weighted by Gasteiger charge is -2.37. The fraction of sp³-hybridized carbons (Fsp3) is 0.583. The van der Waals surface area contributed by atoms with Crippen LogP contribution in [0.3, 0.4) is 0 Å². The lowest BCUT2D eigenvalue weighted by atomic mass is 10.2. The summed E-state index contributed by atoms with van der Waals surface area (Å²) in [5, 5.41) is 4.51. The van der Waals surface area contributed by atoms with E-state index in [0.717, 1.165) is 0 Å². The highest BCUT2D eigenvalue weighted by atomic mass is 32.2. The number of nitrogens with zero attached hydrogens (tertiary/aromatic N) is 4. The maximum absolute atomic E-state index is 13.6. The normalized spacial score (nSPS) is 15.8. The van der Waals surface area contributed by atoms with Crippen molar-refractivity contribution in [3.8, 4) is 11.4 Å². The molecule has 0 N–H and O–H groups in total. The third-order valence-corrected chi connectivity index (χ3v) is 7.13. The van der Waals surface area contributed by atoms with Crippen molar-refractivity contribution in [2.45, 2.75) is 39.0 Å². The second-order valence-corrected chi connectivity index (χ2v) is 10.2. The Balaban J connectivity index is 1.92. The SMILES string of the molecule is CCOCC(COCC)Oc1c(N2CCN([S+]([O-])C(C)C)CC2)cnn(-c2ccccc2)c1=O. The zero-order valence-corrected chi connectivity index (χ0v) is 21.3. The van der Waals surface area contributed by atoms with Gasteiger partial charge in [-0.2, -0.15) is 9.78 Å². The highest BCUT2D eigenvalue weighted by Gasteiger charge is 2.30. The van der Waals surface area contributed by atoms with Gasteiger partial charge >= 0.3 is 5.56 Å². The molecular formula is C24H36N4O5S. The molecule has 3 rings (SSSR count). The molecule has 1 aliphatic heterocycles. The summed E-state index contributed by atoms with van der Waals surface area (Å²) in [5.74, 6) is 0.224. The molecule has 1 aromatic heterocycles.